The number of benzene rings is 2. The van der Waals surface area contributed by atoms with Crippen LogP contribution in [-0.4, -0.2) is 29.1 Å². The van der Waals surface area contributed by atoms with Crippen LogP contribution in [0.4, 0.5) is 36.4 Å². The Morgan fingerprint density at radius 1 is 0.968 bits per heavy atom. The van der Waals surface area contributed by atoms with Gasteiger partial charge in [-0.3, -0.25) is 4.79 Å². The zero-order valence-corrected chi connectivity index (χ0v) is 15.5. The van der Waals surface area contributed by atoms with Crippen molar-refractivity contribution in [2.45, 2.75) is 12.5 Å². The molecule has 31 heavy (non-hydrogen) atoms. The van der Waals surface area contributed by atoms with Crippen LogP contribution >= 0.6 is 0 Å². The van der Waals surface area contributed by atoms with E-state index < -0.39 is 41.3 Å². The smallest absolute Gasteiger partial charge is 0.406 e. The predicted octanol–water partition coefficient (Wildman–Crippen LogP) is 5.21. The molecule has 1 aromatic heterocycles. The van der Waals surface area contributed by atoms with Crippen molar-refractivity contribution in [1.82, 2.24) is 9.78 Å². The molecule has 0 aliphatic carbocycles. The monoisotopic (exact) mass is 447 g/mol. The Bertz CT molecular complexity index is 1070. The van der Waals surface area contributed by atoms with Crippen molar-refractivity contribution in [2.75, 3.05) is 11.9 Å². The van der Waals surface area contributed by atoms with Gasteiger partial charge in [-0.15, -0.1) is 13.2 Å². The molecule has 1 amide bonds. The molecule has 0 saturated carbocycles. The topological polar surface area (TPSA) is 47.4 Å². The quantitative estimate of drug-likeness (QED) is 0.517. The van der Waals surface area contributed by atoms with Crippen LogP contribution in [0.2, 0.25) is 0 Å². The van der Waals surface area contributed by atoms with E-state index in [1.54, 1.807) is 0 Å². The number of carbonyl (C=O) groups is 1. The minimum Gasteiger partial charge on any atom is -0.406 e. The highest BCUT2D eigenvalue weighted by Crippen LogP contribution is 2.35. The molecule has 0 unspecified atom stereocenters. The third kappa shape index (κ3) is 4.95. The fourth-order valence-electron chi connectivity index (χ4n) is 2.73. The maximum absolute atomic E-state index is 13.8. The maximum atomic E-state index is 13.8. The van der Waals surface area contributed by atoms with Crippen molar-refractivity contribution in [1.29, 1.82) is 0 Å². The number of anilines is 1. The van der Waals surface area contributed by atoms with Gasteiger partial charge in [-0.1, -0.05) is 0 Å². The van der Waals surface area contributed by atoms with Gasteiger partial charge in [0, 0.05) is 12.7 Å². The van der Waals surface area contributed by atoms with Gasteiger partial charge < -0.3 is 9.64 Å². The van der Waals surface area contributed by atoms with Gasteiger partial charge in [-0.2, -0.15) is 18.3 Å². The largest absolute Gasteiger partial charge is 0.573 e. The molecule has 0 aliphatic rings. The van der Waals surface area contributed by atoms with Crippen LogP contribution in [-0.2, 0) is 6.18 Å². The molecule has 0 atom stereocenters. The number of carbonyl (C=O) groups excluding carboxylic acids is 1. The molecule has 0 bridgehead atoms. The lowest BCUT2D eigenvalue weighted by Gasteiger charge is -2.19. The van der Waals surface area contributed by atoms with Crippen molar-refractivity contribution in [3.05, 3.63) is 71.8 Å². The summed E-state index contributed by atoms with van der Waals surface area (Å²) in [7, 11) is 1.20. The van der Waals surface area contributed by atoms with E-state index in [0.717, 1.165) is 41.3 Å². The van der Waals surface area contributed by atoms with Crippen LogP contribution in [0.3, 0.4) is 0 Å². The van der Waals surface area contributed by atoms with E-state index in [0.29, 0.717) is 10.9 Å². The van der Waals surface area contributed by atoms with E-state index in [4.69, 9.17) is 0 Å². The van der Waals surface area contributed by atoms with Crippen molar-refractivity contribution in [2.24, 2.45) is 0 Å². The number of ether oxygens (including phenoxy) is 1. The molecule has 0 saturated heterocycles. The number of rotatable bonds is 4. The zero-order valence-electron chi connectivity index (χ0n) is 15.5. The summed E-state index contributed by atoms with van der Waals surface area (Å²) in [6.45, 7) is 0. The van der Waals surface area contributed by atoms with Gasteiger partial charge in [-0.05, 0) is 48.5 Å². The summed E-state index contributed by atoms with van der Waals surface area (Å²) in [6.07, 6.45) is -9.29. The van der Waals surface area contributed by atoms with Gasteiger partial charge in [-0.25, -0.2) is 9.07 Å². The second-order valence-electron chi connectivity index (χ2n) is 6.20. The molecule has 0 fully saturated rings. The second-order valence-corrected chi connectivity index (χ2v) is 6.20. The summed E-state index contributed by atoms with van der Waals surface area (Å²) < 4.78 is 95.2. The minimum atomic E-state index is -5.02. The Morgan fingerprint density at radius 2 is 1.55 bits per heavy atom. The molecule has 5 nitrogen and oxygen atoms in total. The average Bonchev–Trinajstić information content (AvgIpc) is 3.12. The molecule has 3 rings (SSSR count). The first-order valence-corrected chi connectivity index (χ1v) is 8.42. The average molecular weight is 447 g/mol. The Morgan fingerprint density at radius 3 is 2.06 bits per heavy atom. The minimum absolute atomic E-state index is 0.140. The number of hydrogen-bond donors (Lipinski definition) is 0. The van der Waals surface area contributed by atoms with Gasteiger partial charge >= 0.3 is 12.5 Å². The zero-order chi connectivity index (χ0) is 23.0. The lowest BCUT2D eigenvalue weighted by atomic mass is 10.2. The summed E-state index contributed by atoms with van der Waals surface area (Å²) in [6, 6.07) is 8.00. The van der Waals surface area contributed by atoms with Crippen molar-refractivity contribution in [3.8, 4) is 11.4 Å². The first-order valence-electron chi connectivity index (χ1n) is 8.42. The Labute approximate surface area is 170 Å². The van der Waals surface area contributed by atoms with Crippen molar-refractivity contribution in [3.63, 3.8) is 0 Å². The Kier molecular flexibility index (Phi) is 5.66. The number of halogens is 7. The van der Waals surface area contributed by atoms with Gasteiger partial charge in [0.25, 0.3) is 5.91 Å². The van der Waals surface area contributed by atoms with Crippen LogP contribution in [0.25, 0.3) is 5.69 Å². The number of hydrogen-bond acceptors (Lipinski definition) is 3. The number of aromatic nitrogens is 2. The van der Waals surface area contributed by atoms with E-state index in [-0.39, 0.29) is 11.4 Å². The second kappa shape index (κ2) is 7.93. The fourth-order valence-corrected chi connectivity index (χ4v) is 2.73. The molecule has 0 radical (unpaired) electrons. The van der Waals surface area contributed by atoms with E-state index in [9.17, 15) is 35.5 Å². The Hall–Kier alpha value is -3.57. The molecule has 0 aliphatic heterocycles. The number of nitrogens with zero attached hydrogens (tertiary/aromatic N) is 3. The number of amides is 1. The summed E-state index contributed by atoms with van der Waals surface area (Å²) in [5.41, 5.74) is -2.32. The van der Waals surface area contributed by atoms with Gasteiger partial charge in [0.1, 0.15) is 11.6 Å². The van der Waals surface area contributed by atoms with Gasteiger partial charge in [0.15, 0.2) is 5.69 Å². The van der Waals surface area contributed by atoms with Crippen LogP contribution < -0.4 is 9.64 Å². The Balaban J connectivity index is 1.99. The summed E-state index contributed by atoms with van der Waals surface area (Å²) in [5.74, 6) is -2.29. The maximum Gasteiger partial charge on any atom is 0.573 e. The van der Waals surface area contributed by atoms with E-state index in [2.05, 4.69) is 9.84 Å². The predicted molar refractivity (Wildman–Crippen MR) is 94.4 cm³/mol. The lowest BCUT2D eigenvalue weighted by Crippen LogP contribution is -2.28. The third-order valence-corrected chi connectivity index (χ3v) is 4.10. The first kappa shape index (κ1) is 22.1. The molecule has 0 N–H and O–H groups in total. The molecule has 1 heterocycles. The highest BCUT2D eigenvalue weighted by atomic mass is 19.4. The normalized spacial score (nSPS) is 12.0. The molecule has 164 valence electrons. The van der Waals surface area contributed by atoms with Gasteiger partial charge in [0.05, 0.1) is 17.4 Å². The molecular weight excluding hydrogens is 435 g/mol. The molecule has 0 spiro atoms. The van der Waals surface area contributed by atoms with E-state index in [1.807, 2.05) is 0 Å². The van der Waals surface area contributed by atoms with Crippen molar-refractivity contribution >= 4 is 11.6 Å². The van der Waals surface area contributed by atoms with E-state index in [1.165, 1.54) is 19.2 Å². The van der Waals surface area contributed by atoms with Crippen LogP contribution in [0.15, 0.2) is 54.7 Å². The fraction of sp³-hybridized carbons (Fsp3) is 0.158. The SMILES string of the molecule is CN(C(=O)c1cnn(-c2ccc(OC(F)(F)F)cc2)c1C(F)(F)F)c1ccc(F)cc1. The standard InChI is InChI=1S/C19H12F7N3O2/c1-28(12-4-2-11(20)3-5-12)17(30)15-10-27-29(16(15)18(21,22)23)13-6-8-14(9-7-13)31-19(24,25)26/h2-10H,1H3. The molecular formula is C19H12F7N3O2. The van der Waals surface area contributed by atoms with Crippen molar-refractivity contribution < 1.29 is 40.3 Å². The highest BCUT2D eigenvalue weighted by Gasteiger charge is 2.41. The lowest BCUT2D eigenvalue weighted by molar-refractivity contribution is -0.274. The van der Waals surface area contributed by atoms with Crippen LogP contribution in [0.5, 0.6) is 5.75 Å². The van der Waals surface area contributed by atoms with Gasteiger partial charge in [0.2, 0.25) is 0 Å². The highest BCUT2D eigenvalue weighted by molar-refractivity contribution is 6.06. The van der Waals surface area contributed by atoms with E-state index >= 15 is 0 Å². The molecule has 2 aromatic carbocycles. The number of alkyl halides is 6. The summed E-state index contributed by atoms with van der Waals surface area (Å²) >= 11 is 0. The van der Waals surface area contributed by atoms with Crippen LogP contribution in [0.1, 0.15) is 16.1 Å². The molecule has 12 heteroatoms. The summed E-state index contributed by atoms with van der Waals surface area (Å²) in [5, 5.41) is 3.59. The third-order valence-electron chi connectivity index (χ3n) is 4.10. The summed E-state index contributed by atoms with van der Waals surface area (Å²) in [4.78, 5) is 13.6. The van der Waals surface area contributed by atoms with Crippen LogP contribution in [0, 0.1) is 5.82 Å². The first-order chi connectivity index (χ1) is 14.4. The molecule has 3 aromatic rings.